The maximum absolute atomic E-state index is 8.27. The molecule has 0 radical (unpaired) electrons. The molecule has 14 heavy (non-hydrogen) atoms. The van der Waals surface area contributed by atoms with Crippen molar-refractivity contribution >= 4 is 5.84 Å². The van der Waals surface area contributed by atoms with Crippen molar-refractivity contribution in [3.8, 4) is 6.19 Å². The lowest BCUT2D eigenvalue weighted by molar-refractivity contribution is 0.360. The molecule has 0 fully saturated rings. The summed E-state index contributed by atoms with van der Waals surface area (Å²) in [6, 6.07) is 0. The molecular weight excluding hydrogens is 174 g/mol. The fourth-order valence-electron chi connectivity index (χ4n) is 1.16. The van der Waals surface area contributed by atoms with Crippen LogP contribution < -0.4 is 5.32 Å². The van der Waals surface area contributed by atoms with Crippen molar-refractivity contribution in [3.05, 3.63) is 0 Å². The van der Waals surface area contributed by atoms with Crippen LogP contribution in [0.1, 0.15) is 47.0 Å². The molecule has 3 nitrogen and oxygen atoms in total. The molecule has 0 saturated carbocycles. The molecule has 0 aliphatic rings. The molecule has 0 spiro atoms. The highest BCUT2D eigenvalue weighted by Crippen LogP contribution is 2.20. The number of hydrogen-bond donors (Lipinski definition) is 1. The summed E-state index contributed by atoms with van der Waals surface area (Å²) in [5, 5.41) is 11.4. The van der Waals surface area contributed by atoms with Crippen LogP contribution in [-0.2, 0) is 0 Å². The molecule has 0 rings (SSSR count). The molecule has 0 bridgehead atoms. The lowest BCUT2D eigenvalue weighted by Gasteiger charge is -2.17. The Labute approximate surface area is 87.2 Å². The molecule has 0 aliphatic carbocycles. The van der Waals surface area contributed by atoms with Crippen molar-refractivity contribution in [3.63, 3.8) is 0 Å². The second-order valence-corrected chi connectivity index (χ2v) is 4.74. The van der Waals surface area contributed by atoms with Crippen LogP contribution in [0.25, 0.3) is 0 Å². The Morgan fingerprint density at radius 1 is 1.36 bits per heavy atom. The first kappa shape index (κ1) is 13.0. The van der Waals surface area contributed by atoms with Gasteiger partial charge in [0.25, 0.3) is 0 Å². The zero-order chi connectivity index (χ0) is 11.0. The Hall–Kier alpha value is -1.04. The van der Waals surface area contributed by atoms with Crippen LogP contribution in [0.4, 0.5) is 0 Å². The summed E-state index contributed by atoms with van der Waals surface area (Å²) in [6.45, 7) is 9.48. The van der Waals surface area contributed by atoms with Crippen molar-refractivity contribution in [2.24, 2.45) is 10.4 Å². The Morgan fingerprint density at radius 2 is 2.00 bits per heavy atom. The summed E-state index contributed by atoms with van der Waals surface area (Å²) < 4.78 is 0. The van der Waals surface area contributed by atoms with Crippen molar-refractivity contribution in [1.82, 2.24) is 5.32 Å². The van der Waals surface area contributed by atoms with E-state index in [2.05, 4.69) is 31.1 Å². The third-order valence-electron chi connectivity index (χ3n) is 1.95. The number of nitriles is 1. The number of nitrogens with zero attached hydrogens (tertiary/aromatic N) is 2. The first-order valence-corrected chi connectivity index (χ1v) is 5.13. The Kier molecular flexibility index (Phi) is 5.94. The molecule has 0 aliphatic heterocycles. The summed E-state index contributed by atoms with van der Waals surface area (Å²) in [5.74, 6) is 0.711. The molecule has 80 valence electrons. The van der Waals surface area contributed by atoms with Gasteiger partial charge in [-0.2, -0.15) is 10.3 Å². The van der Waals surface area contributed by atoms with E-state index in [0.29, 0.717) is 11.3 Å². The highest BCUT2D eigenvalue weighted by Gasteiger charge is 2.08. The predicted octanol–water partition coefficient (Wildman–Crippen LogP) is 2.69. The molecule has 0 amide bonds. The third-order valence-corrected chi connectivity index (χ3v) is 1.95. The van der Waals surface area contributed by atoms with E-state index in [1.807, 2.05) is 6.92 Å². The van der Waals surface area contributed by atoms with Crippen molar-refractivity contribution < 1.29 is 0 Å². The minimum absolute atomic E-state index is 0.426. The molecule has 0 aromatic rings. The molecule has 0 aromatic carbocycles. The normalized spacial score (nSPS) is 12.4. The lowest BCUT2D eigenvalue weighted by Crippen LogP contribution is -2.21. The Balaban J connectivity index is 3.40. The molecule has 0 saturated heterocycles. The van der Waals surface area contributed by atoms with Crippen LogP contribution in [0.2, 0.25) is 0 Å². The van der Waals surface area contributed by atoms with Gasteiger partial charge >= 0.3 is 0 Å². The molecular formula is C11H21N3. The van der Waals surface area contributed by atoms with Gasteiger partial charge in [0.2, 0.25) is 6.19 Å². The van der Waals surface area contributed by atoms with Crippen LogP contribution in [0.3, 0.4) is 0 Å². The third kappa shape index (κ3) is 9.05. The van der Waals surface area contributed by atoms with Gasteiger partial charge < -0.3 is 5.32 Å². The van der Waals surface area contributed by atoms with Crippen molar-refractivity contribution in [2.75, 3.05) is 6.54 Å². The zero-order valence-electron chi connectivity index (χ0n) is 9.72. The van der Waals surface area contributed by atoms with E-state index in [1.54, 1.807) is 6.19 Å². The second kappa shape index (κ2) is 6.42. The van der Waals surface area contributed by atoms with Crippen LogP contribution >= 0.6 is 0 Å². The maximum atomic E-state index is 8.27. The predicted molar refractivity (Wildman–Crippen MR) is 60.0 cm³/mol. The Morgan fingerprint density at radius 3 is 2.50 bits per heavy atom. The number of nitrogens with one attached hydrogen (secondary N) is 1. The Bertz CT molecular complexity index is 218. The quantitative estimate of drug-likeness (QED) is 0.324. The van der Waals surface area contributed by atoms with Gasteiger partial charge in [-0.3, -0.25) is 0 Å². The summed E-state index contributed by atoms with van der Waals surface area (Å²) in [6.07, 6.45) is 5.35. The van der Waals surface area contributed by atoms with Crippen molar-refractivity contribution in [1.29, 1.82) is 5.26 Å². The van der Waals surface area contributed by atoms with Gasteiger partial charge in [0.15, 0.2) is 0 Å². The summed E-state index contributed by atoms with van der Waals surface area (Å²) in [4.78, 5) is 3.58. The summed E-state index contributed by atoms with van der Waals surface area (Å²) >= 11 is 0. The fraction of sp³-hybridized carbons (Fsp3) is 0.818. The molecule has 3 heteroatoms. The minimum atomic E-state index is 0.426. The molecule has 0 unspecified atom stereocenters. The van der Waals surface area contributed by atoms with Gasteiger partial charge in [-0.05, 0) is 25.2 Å². The second-order valence-electron chi connectivity index (χ2n) is 4.74. The first-order valence-electron chi connectivity index (χ1n) is 5.13. The summed E-state index contributed by atoms with van der Waals surface area (Å²) in [7, 11) is 0. The first-order chi connectivity index (χ1) is 6.45. The van der Waals surface area contributed by atoms with E-state index in [1.165, 1.54) is 12.8 Å². The SMILES string of the molecule is C/C(=N\C#N)NCCCCC(C)(C)C. The van der Waals surface area contributed by atoms with Gasteiger partial charge in [-0.25, -0.2) is 0 Å². The van der Waals surface area contributed by atoms with Crippen molar-refractivity contribution in [2.45, 2.75) is 47.0 Å². The lowest BCUT2D eigenvalue weighted by atomic mass is 9.90. The molecule has 0 aromatic heterocycles. The number of aliphatic imine (C=N–C) groups is 1. The highest BCUT2D eigenvalue weighted by molar-refractivity contribution is 5.80. The van der Waals surface area contributed by atoms with E-state index in [9.17, 15) is 0 Å². The number of unbranched alkanes of at least 4 members (excludes halogenated alkanes) is 1. The van der Waals surface area contributed by atoms with Gasteiger partial charge in [-0.15, -0.1) is 0 Å². The average Bonchev–Trinajstić information content (AvgIpc) is 2.02. The average molecular weight is 195 g/mol. The monoisotopic (exact) mass is 195 g/mol. The van der Waals surface area contributed by atoms with Gasteiger partial charge in [0.1, 0.15) is 5.84 Å². The maximum Gasteiger partial charge on any atom is 0.207 e. The molecule has 1 N–H and O–H groups in total. The minimum Gasteiger partial charge on any atom is -0.373 e. The van der Waals surface area contributed by atoms with E-state index in [0.717, 1.165) is 13.0 Å². The number of rotatable bonds is 4. The van der Waals surface area contributed by atoms with Crippen LogP contribution in [0.5, 0.6) is 0 Å². The van der Waals surface area contributed by atoms with Gasteiger partial charge in [0.05, 0.1) is 0 Å². The van der Waals surface area contributed by atoms with E-state index in [-0.39, 0.29) is 0 Å². The highest BCUT2D eigenvalue weighted by atomic mass is 15.0. The van der Waals surface area contributed by atoms with E-state index in [4.69, 9.17) is 5.26 Å². The van der Waals surface area contributed by atoms with E-state index >= 15 is 0 Å². The smallest absolute Gasteiger partial charge is 0.207 e. The fourth-order valence-corrected chi connectivity index (χ4v) is 1.16. The van der Waals surface area contributed by atoms with Crippen LogP contribution in [-0.4, -0.2) is 12.4 Å². The topological polar surface area (TPSA) is 48.2 Å². The van der Waals surface area contributed by atoms with Crippen LogP contribution in [0.15, 0.2) is 4.99 Å². The standard InChI is InChI=1S/C11H21N3/c1-10(14-9-12)13-8-6-5-7-11(2,3)4/h5-8H2,1-4H3,(H,13,14). The van der Waals surface area contributed by atoms with Crippen LogP contribution in [0, 0.1) is 16.9 Å². The summed E-state index contributed by atoms with van der Waals surface area (Å²) in [5.41, 5.74) is 0.426. The number of hydrogen-bond acceptors (Lipinski definition) is 2. The zero-order valence-corrected chi connectivity index (χ0v) is 9.72. The van der Waals surface area contributed by atoms with Gasteiger partial charge in [0, 0.05) is 6.54 Å². The molecule has 0 atom stereocenters. The number of amidine groups is 1. The van der Waals surface area contributed by atoms with Gasteiger partial charge in [-0.1, -0.05) is 27.2 Å². The largest absolute Gasteiger partial charge is 0.373 e. The molecule has 0 heterocycles. The van der Waals surface area contributed by atoms with E-state index < -0.39 is 0 Å².